The Bertz CT molecular complexity index is 955. The number of halogens is 1. The van der Waals surface area contributed by atoms with Crippen molar-refractivity contribution in [3.8, 4) is 0 Å². The summed E-state index contributed by atoms with van der Waals surface area (Å²) in [5.41, 5.74) is 5.84. The lowest BCUT2D eigenvalue weighted by atomic mass is 9.67. The molecule has 27 heavy (non-hydrogen) atoms. The summed E-state index contributed by atoms with van der Waals surface area (Å²) in [6.45, 7) is 7.44. The number of hydrogen-bond donors (Lipinski definition) is 1. The Morgan fingerprint density at radius 3 is 2.81 bits per heavy atom. The number of hydrogen-bond acceptors (Lipinski definition) is 3. The van der Waals surface area contributed by atoms with Gasteiger partial charge in [-0.3, -0.25) is 4.99 Å². The largest absolute Gasteiger partial charge is 0.396 e. The summed E-state index contributed by atoms with van der Waals surface area (Å²) in [4.78, 5) is 4.79. The van der Waals surface area contributed by atoms with Gasteiger partial charge in [-0.1, -0.05) is 29.8 Å². The molecule has 1 N–H and O–H groups in total. The van der Waals surface area contributed by atoms with Gasteiger partial charge in [0.15, 0.2) is 0 Å². The lowest BCUT2D eigenvalue weighted by Gasteiger charge is -2.42. The van der Waals surface area contributed by atoms with Gasteiger partial charge >= 0.3 is 0 Å². The fourth-order valence-corrected chi connectivity index (χ4v) is 5.20. The van der Waals surface area contributed by atoms with Crippen molar-refractivity contribution >= 4 is 38.6 Å². The SMILES string of the molecule is CCn1c2c(c3cc(Br)ccc31)C(C(C)(C)CO)[C@H](OC)C1=C2CCC=N1. The van der Waals surface area contributed by atoms with Crippen LogP contribution < -0.4 is 0 Å². The highest BCUT2D eigenvalue weighted by Crippen LogP contribution is 2.53. The van der Waals surface area contributed by atoms with Crippen LogP contribution in [0.5, 0.6) is 0 Å². The quantitative estimate of drug-likeness (QED) is 0.730. The number of allylic oxidation sites excluding steroid dienone is 1. The van der Waals surface area contributed by atoms with E-state index in [4.69, 9.17) is 9.73 Å². The maximum absolute atomic E-state index is 10.2. The molecule has 0 fully saturated rings. The molecule has 2 heterocycles. The van der Waals surface area contributed by atoms with Crippen LogP contribution in [-0.4, -0.2) is 35.7 Å². The predicted molar refractivity (Wildman–Crippen MR) is 114 cm³/mol. The second-order valence-electron chi connectivity index (χ2n) is 8.16. The average Bonchev–Trinajstić information content (AvgIpc) is 3.00. The zero-order valence-electron chi connectivity index (χ0n) is 16.4. The summed E-state index contributed by atoms with van der Waals surface area (Å²) in [6, 6.07) is 6.51. The maximum Gasteiger partial charge on any atom is 0.107 e. The molecule has 0 bridgehead atoms. The number of aliphatic hydroxyl groups excluding tert-OH is 1. The molecule has 0 spiro atoms. The summed E-state index contributed by atoms with van der Waals surface area (Å²) in [7, 11) is 1.76. The summed E-state index contributed by atoms with van der Waals surface area (Å²) in [5.74, 6) is 0.0288. The van der Waals surface area contributed by atoms with Crippen molar-refractivity contribution < 1.29 is 9.84 Å². The van der Waals surface area contributed by atoms with E-state index in [-0.39, 0.29) is 24.0 Å². The monoisotopic (exact) mass is 430 g/mol. The number of aryl methyl sites for hydroxylation is 1. The van der Waals surface area contributed by atoms with E-state index >= 15 is 0 Å². The van der Waals surface area contributed by atoms with E-state index in [0.29, 0.717) is 0 Å². The first kappa shape index (κ1) is 18.9. The number of nitrogens with zero attached hydrogens (tertiary/aromatic N) is 2. The van der Waals surface area contributed by atoms with E-state index in [1.165, 1.54) is 27.7 Å². The Morgan fingerprint density at radius 1 is 1.37 bits per heavy atom. The third kappa shape index (κ3) is 2.74. The Kier molecular flexibility index (Phi) is 4.81. The minimum Gasteiger partial charge on any atom is -0.396 e. The van der Waals surface area contributed by atoms with E-state index in [9.17, 15) is 5.11 Å². The third-order valence-electron chi connectivity index (χ3n) is 6.12. The van der Waals surface area contributed by atoms with E-state index in [1.807, 2.05) is 6.21 Å². The Balaban J connectivity index is 2.15. The molecule has 5 heteroatoms. The number of benzene rings is 1. The van der Waals surface area contributed by atoms with Crippen molar-refractivity contribution in [2.24, 2.45) is 10.4 Å². The van der Waals surface area contributed by atoms with Crippen molar-refractivity contribution in [3.05, 3.63) is 39.6 Å². The number of aliphatic hydroxyl groups is 1. The summed E-state index contributed by atoms with van der Waals surface area (Å²) >= 11 is 3.65. The van der Waals surface area contributed by atoms with Crippen LogP contribution in [0.4, 0.5) is 0 Å². The van der Waals surface area contributed by atoms with Crippen LogP contribution in [0.15, 0.2) is 33.4 Å². The van der Waals surface area contributed by atoms with Crippen molar-refractivity contribution in [1.82, 2.24) is 4.57 Å². The molecule has 0 radical (unpaired) electrons. The first-order chi connectivity index (χ1) is 12.9. The molecule has 4 nitrogen and oxygen atoms in total. The average molecular weight is 431 g/mol. The van der Waals surface area contributed by atoms with E-state index < -0.39 is 0 Å². The molecule has 2 aromatic rings. The highest BCUT2D eigenvalue weighted by molar-refractivity contribution is 9.10. The Hall–Kier alpha value is -1.43. The zero-order chi connectivity index (χ0) is 19.3. The smallest absolute Gasteiger partial charge is 0.107 e. The van der Waals surface area contributed by atoms with Crippen molar-refractivity contribution in [3.63, 3.8) is 0 Å². The predicted octanol–water partition coefficient (Wildman–Crippen LogP) is 5.13. The number of aliphatic imine (C=N–C) groups is 1. The highest BCUT2D eigenvalue weighted by Gasteiger charge is 2.46. The van der Waals surface area contributed by atoms with Crippen LogP contribution in [0.2, 0.25) is 0 Å². The molecule has 1 unspecified atom stereocenters. The number of fused-ring (bicyclic) bond motifs is 4. The van der Waals surface area contributed by atoms with Gasteiger partial charge in [-0.15, -0.1) is 0 Å². The standard InChI is InChI=1S/C22H27BrN2O2/c1-5-25-16-9-8-13(23)11-15(16)17-18(22(2,3)12-26)21(27-4)19-14(20(17)25)7-6-10-24-19/h8-11,18,21,26H,5-7,12H2,1-4H3/t18?,21-/m0/s1. The van der Waals surface area contributed by atoms with Crippen molar-refractivity contribution in [2.45, 2.75) is 52.2 Å². The molecule has 0 saturated carbocycles. The first-order valence-electron chi connectivity index (χ1n) is 9.65. The molecule has 144 valence electrons. The molecule has 1 aliphatic heterocycles. The molecule has 0 amide bonds. The van der Waals surface area contributed by atoms with Crippen LogP contribution in [0, 0.1) is 5.41 Å². The normalized spacial score (nSPS) is 22.3. The zero-order valence-corrected chi connectivity index (χ0v) is 18.0. The summed E-state index contributed by atoms with van der Waals surface area (Å²) < 4.78 is 9.52. The van der Waals surface area contributed by atoms with Gasteiger partial charge in [-0.05, 0) is 48.9 Å². The molecule has 1 aromatic heterocycles. The molecular formula is C22H27BrN2O2. The van der Waals surface area contributed by atoms with E-state index in [2.05, 4.69) is 59.5 Å². The molecule has 1 aliphatic carbocycles. The van der Waals surface area contributed by atoms with E-state index in [1.54, 1.807) is 7.11 Å². The van der Waals surface area contributed by atoms with Gasteiger partial charge in [0.05, 0.1) is 11.4 Å². The molecular weight excluding hydrogens is 404 g/mol. The van der Waals surface area contributed by atoms with Crippen LogP contribution in [-0.2, 0) is 11.3 Å². The van der Waals surface area contributed by atoms with Crippen LogP contribution in [0.1, 0.15) is 50.8 Å². The Labute approximate surface area is 169 Å². The van der Waals surface area contributed by atoms with Crippen LogP contribution >= 0.6 is 15.9 Å². The lowest BCUT2D eigenvalue weighted by Crippen LogP contribution is -2.40. The maximum atomic E-state index is 10.2. The molecule has 0 saturated heterocycles. The Morgan fingerprint density at radius 2 is 2.15 bits per heavy atom. The fourth-order valence-electron chi connectivity index (χ4n) is 4.84. The second kappa shape index (κ2) is 6.87. The lowest BCUT2D eigenvalue weighted by molar-refractivity contribution is 0.0317. The summed E-state index contributed by atoms with van der Waals surface area (Å²) in [6.07, 6.45) is 3.79. The molecule has 2 atom stereocenters. The van der Waals surface area contributed by atoms with Crippen molar-refractivity contribution in [2.75, 3.05) is 13.7 Å². The highest BCUT2D eigenvalue weighted by atomic mass is 79.9. The number of aromatic nitrogens is 1. The fraction of sp³-hybridized carbons (Fsp3) is 0.500. The van der Waals surface area contributed by atoms with Crippen molar-refractivity contribution in [1.29, 1.82) is 0 Å². The number of ether oxygens (including phenoxy) is 1. The minimum absolute atomic E-state index is 0.0288. The van der Waals surface area contributed by atoms with Gasteiger partial charge in [-0.2, -0.15) is 0 Å². The van der Waals surface area contributed by atoms with Gasteiger partial charge in [0.25, 0.3) is 0 Å². The summed E-state index contributed by atoms with van der Waals surface area (Å²) in [5, 5.41) is 11.5. The molecule has 1 aromatic carbocycles. The topological polar surface area (TPSA) is 46.8 Å². The number of methoxy groups -OCH3 is 1. The number of rotatable bonds is 4. The van der Waals surface area contributed by atoms with Gasteiger partial charge in [0, 0.05) is 53.3 Å². The minimum atomic E-state index is -0.337. The third-order valence-corrected chi connectivity index (χ3v) is 6.61. The van der Waals surface area contributed by atoms with Gasteiger partial charge < -0.3 is 14.4 Å². The second-order valence-corrected chi connectivity index (χ2v) is 9.08. The first-order valence-corrected chi connectivity index (χ1v) is 10.4. The van der Waals surface area contributed by atoms with Gasteiger partial charge in [0.1, 0.15) is 6.10 Å². The molecule has 2 aliphatic rings. The van der Waals surface area contributed by atoms with Gasteiger partial charge in [-0.25, -0.2) is 0 Å². The molecule has 4 rings (SSSR count). The van der Waals surface area contributed by atoms with Crippen LogP contribution in [0.3, 0.4) is 0 Å². The van der Waals surface area contributed by atoms with Gasteiger partial charge in [0.2, 0.25) is 0 Å². The van der Waals surface area contributed by atoms with E-state index in [0.717, 1.165) is 29.6 Å². The van der Waals surface area contributed by atoms with Crippen LogP contribution in [0.25, 0.3) is 16.5 Å².